The van der Waals surface area contributed by atoms with Crippen molar-refractivity contribution in [1.82, 2.24) is 19.4 Å². The number of amides is 1. The van der Waals surface area contributed by atoms with Crippen molar-refractivity contribution in [2.45, 2.75) is 64.5 Å². The Hall–Kier alpha value is -4.25. The molecule has 2 aromatic heterocycles. The van der Waals surface area contributed by atoms with Gasteiger partial charge in [0.05, 0.1) is 42.7 Å². The lowest BCUT2D eigenvalue weighted by Gasteiger charge is -2.32. The highest BCUT2D eigenvalue weighted by atomic mass is 35.5. The van der Waals surface area contributed by atoms with E-state index < -0.39 is 0 Å². The van der Waals surface area contributed by atoms with Gasteiger partial charge in [-0.15, -0.1) is 0 Å². The normalized spacial score (nSPS) is 22.3. The summed E-state index contributed by atoms with van der Waals surface area (Å²) in [6.07, 6.45) is 7.69. The first-order valence-electron chi connectivity index (χ1n) is 17.9. The highest BCUT2D eigenvalue weighted by molar-refractivity contribution is 6.36. The molecule has 11 heteroatoms. The van der Waals surface area contributed by atoms with Gasteiger partial charge >= 0.3 is 5.97 Å². The molecular formula is C40H44ClN5O5. The number of pyridine rings is 1. The number of imidazole rings is 1. The van der Waals surface area contributed by atoms with Crippen LogP contribution in [0.25, 0.3) is 22.4 Å². The highest BCUT2D eigenvalue weighted by Crippen LogP contribution is 2.63. The number of aromatic nitrogens is 3. The number of nitrogens with zero attached hydrogens (tertiary/aromatic N) is 5. The van der Waals surface area contributed by atoms with Gasteiger partial charge in [0.2, 0.25) is 5.88 Å². The van der Waals surface area contributed by atoms with E-state index >= 15 is 0 Å². The molecule has 4 aliphatic rings. The largest absolute Gasteiger partial charge is 0.481 e. The summed E-state index contributed by atoms with van der Waals surface area (Å²) in [6.45, 7) is 3.02. The van der Waals surface area contributed by atoms with Crippen molar-refractivity contribution >= 4 is 29.2 Å². The Bertz CT molecular complexity index is 2030. The van der Waals surface area contributed by atoms with E-state index in [0.29, 0.717) is 40.9 Å². The number of hydrogen-bond donors (Lipinski definition) is 1. The summed E-state index contributed by atoms with van der Waals surface area (Å²) in [5, 5.41) is 10.2. The van der Waals surface area contributed by atoms with E-state index in [1.54, 1.807) is 6.07 Å². The van der Waals surface area contributed by atoms with Crippen LogP contribution in [0.4, 0.5) is 5.69 Å². The van der Waals surface area contributed by atoms with Gasteiger partial charge in [-0.3, -0.25) is 14.5 Å². The maximum Gasteiger partial charge on any atom is 0.311 e. The number of fused-ring (bicyclic) bond motifs is 4. The molecule has 266 valence electrons. The Labute approximate surface area is 303 Å². The molecule has 0 saturated heterocycles. The number of ether oxygens (including phenoxy) is 2. The van der Waals surface area contributed by atoms with Crippen LogP contribution in [-0.2, 0) is 42.6 Å². The lowest BCUT2D eigenvalue weighted by Crippen LogP contribution is -2.34. The predicted molar refractivity (Wildman–Crippen MR) is 195 cm³/mol. The lowest BCUT2D eigenvalue weighted by atomic mass is 9.80. The zero-order valence-corrected chi connectivity index (χ0v) is 30.3. The van der Waals surface area contributed by atoms with Crippen molar-refractivity contribution in [1.29, 1.82) is 0 Å². The van der Waals surface area contributed by atoms with Crippen molar-refractivity contribution in [2.24, 2.45) is 17.9 Å². The SMILES string of the molecule is COC(=O)C12CCC(CCN3CCc4c(nc(C(=O)N5CCc6c(-c7cccc(-c8ccc(CO)c(OC)n8)c7Cl)cccc65)n4C)C3)(CC1)C2. The summed E-state index contributed by atoms with van der Waals surface area (Å²) < 4.78 is 12.6. The van der Waals surface area contributed by atoms with Gasteiger partial charge in [0, 0.05) is 61.2 Å². The van der Waals surface area contributed by atoms with Gasteiger partial charge in [0.25, 0.3) is 5.91 Å². The molecule has 0 unspecified atom stereocenters. The average molecular weight is 710 g/mol. The number of aliphatic hydroxyl groups is 1. The second kappa shape index (κ2) is 13.1. The van der Waals surface area contributed by atoms with E-state index in [9.17, 15) is 14.7 Å². The van der Waals surface area contributed by atoms with E-state index in [4.69, 9.17) is 26.1 Å². The molecule has 1 amide bonds. The van der Waals surface area contributed by atoms with Gasteiger partial charge in [-0.25, -0.2) is 9.97 Å². The number of esters is 1. The molecule has 2 aliphatic carbocycles. The fraction of sp³-hybridized carbons (Fsp3) is 0.450. The third-order valence-electron chi connectivity index (χ3n) is 12.2. The summed E-state index contributed by atoms with van der Waals surface area (Å²) in [4.78, 5) is 40.7. The quantitative estimate of drug-likeness (QED) is 0.200. The number of halogens is 1. The minimum atomic E-state index is -0.258. The lowest BCUT2D eigenvalue weighted by molar-refractivity contribution is -0.152. The van der Waals surface area contributed by atoms with Crippen molar-refractivity contribution in [3.05, 3.63) is 81.9 Å². The standard InChI is InChI=1S/C40H44ClN5O5/c1-44-33-13-19-45(21-18-39-14-16-40(24-39,17-15-39)38(49)51-3)22-31(33)42-35(44)37(48)46-20-12-27-26(6-5-9-32(27)46)28-7-4-8-29(34(28)41)30-11-10-25(23-47)36(43-30)50-2/h4-11,47H,12-24H2,1-3H3. The molecule has 2 fully saturated rings. The topological polar surface area (TPSA) is 110 Å². The van der Waals surface area contributed by atoms with Crippen molar-refractivity contribution < 1.29 is 24.2 Å². The third-order valence-corrected chi connectivity index (χ3v) is 12.6. The Morgan fingerprint density at radius 1 is 0.941 bits per heavy atom. The molecule has 8 rings (SSSR count). The fourth-order valence-corrected chi connectivity index (χ4v) is 9.72. The molecule has 0 radical (unpaired) electrons. The van der Waals surface area contributed by atoms with Crippen LogP contribution in [0.2, 0.25) is 5.02 Å². The van der Waals surface area contributed by atoms with Crippen LogP contribution in [0.3, 0.4) is 0 Å². The third kappa shape index (κ3) is 5.63. The van der Waals surface area contributed by atoms with Crippen LogP contribution in [-0.4, -0.2) is 70.3 Å². The number of rotatable bonds is 9. The van der Waals surface area contributed by atoms with Crippen LogP contribution in [0.5, 0.6) is 5.88 Å². The molecule has 2 saturated carbocycles. The van der Waals surface area contributed by atoms with E-state index in [-0.39, 0.29) is 29.3 Å². The molecule has 2 aromatic carbocycles. The van der Waals surface area contributed by atoms with Crippen LogP contribution < -0.4 is 9.64 Å². The number of carbonyl (C=O) groups excluding carboxylic acids is 2. The summed E-state index contributed by atoms with van der Waals surface area (Å²) in [7, 11) is 5.01. The van der Waals surface area contributed by atoms with Gasteiger partial charge in [0.1, 0.15) is 0 Å². The molecule has 2 aliphatic heterocycles. The summed E-state index contributed by atoms with van der Waals surface area (Å²) in [5.41, 5.74) is 7.91. The molecule has 10 nitrogen and oxygen atoms in total. The number of methoxy groups -OCH3 is 2. The van der Waals surface area contributed by atoms with Gasteiger partial charge in [-0.2, -0.15) is 0 Å². The molecule has 0 spiro atoms. The second-order valence-corrected chi connectivity index (χ2v) is 15.2. The number of anilines is 1. The monoisotopic (exact) mass is 709 g/mol. The molecular weight excluding hydrogens is 666 g/mol. The zero-order chi connectivity index (χ0) is 35.5. The van der Waals surface area contributed by atoms with Gasteiger partial charge in [0.15, 0.2) is 5.82 Å². The van der Waals surface area contributed by atoms with Gasteiger partial charge in [-0.05, 0) is 86.2 Å². The van der Waals surface area contributed by atoms with E-state index in [2.05, 4.69) is 16.0 Å². The molecule has 2 bridgehead atoms. The zero-order valence-electron chi connectivity index (χ0n) is 29.5. The minimum Gasteiger partial charge on any atom is -0.481 e. The fourth-order valence-electron chi connectivity index (χ4n) is 9.39. The molecule has 51 heavy (non-hydrogen) atoms. The second-order valence-electron chi connectivity index (χ2n) is 14.8. The first-order chi connectivity index (χ1) is 24.7. The first kappa shape index (κ1) is 33.9. The average Bonchev–Trinajstić information content (AvgIpc) is 3.94. The Balaban J connectivity index is 0.999. The highest BCUT2D eigenvalue weighted by Gasteiger charge is 2.58. The van der Waals surface area contributed by atoms with Crippen LogP contribution in [0, 0.1) is 10.8 Å². The number of aliphatic hydroxyl groups excluding tert-OH is 1. The molecule has 4 heterocycles. The minimum absolute atomic E-state index is 0.0227. The maximum atomic E-state index is 14.2. The molecule has 4 aromatic rings. The van der Waals surface area contributed by atoms with Gasteiger partial charge in [-0.1, -0.05) is 41.9 Å². The van der Waals surface area contributed by atoms with Crippen LogP contribution in [0.15, 0.2) is 48.5 Å². The summed E-state index contributed by atoms with van der Waals surface area (Å²) in [6, 6.07) is 15.6. The number of carbonyl (C=O) groups is 2. The predicted octanol–water partition coefficient (Wildman–Crippen LogP) is 6.38. The van der Waals surface area contributed by atoms with Crippen LogP contribution >= 0.6 is 11.6 Å². The summed E-state index contributed by atoms with van der Waals surface area (Å²) >= 11 is 7.09. The van der Waals surface area contributed by atoms with Crippen molar-refractivity contribution in [3.63, 3.8) is 0 Å². The Kier molecular flexibility index (Phi) is 8.67. The maximum absolute atomic E-state index is 14.2. The first-order valence-corrected chi connectivity index (χ1v) is 18.3. The smallest absolute Gasteiger partial charge is 0.311 e. The Morgan fingerprint density at radius 3 is 2.47 bits per heavy atom. The molecule has 1 N–H and O–H groups in total. The van der Waals surface area contributed by atoms with Gasteiger partial charge < -0.3 is 24.0 Å². The number of benzene rings is 2. The molecule has 0 atom stereocenters. The Morgan fingerprint density at radius 2 is 1.71 bits per heavy atom. The van der Waals surface area contributed by atoms with Crippen molar-refractivity contribution in [3.8, 4) is 28.3 Å². The summed E-state index contributed by atoms with van der Waals surface area (Å²) in [5.74, 6) is 0.717. The van der Waals surface area contributed by atoms with E-state index in [0.717, 1.165) is 104 Å². The van der Waals surface area contributed by atoms with E-state index in [1.165, 1.54) is 14.2 Å². The van der Waals surface area contributed by atoms with Crippen molar-refractivity contribution in [2.75, 3.05) is 38.8 Å². The van der Waals surface area contributed by atoms with Crippen LogP contribution in [0.1, 0.15) is 71.7 Å². The van der Waals surface area contributed by atoms with E-state index in [1.807, 2.05) is 52.9 Å². The number of hydrogen-bond acceptors (Lipinski definition) is 8.